The number of carbonyl (C=O) groups is 1. The maximum atomic E-state index is 12.4. The van der Waals surface area contributed by atoms with Crippen molar-refractivity contribution in [2.24, 2.45) is 0 Å². The molecule has 0 atom stereocenters. The molecule has 1 aromatic heterocycles. The van der Waals surface area contributed by atoms with Gasteiger partial charge in [-0.2, -0.15) is 0 Å². The molecule has 0 radical (unpaired) electrons. The van der Waals surface area contributed by atoms with E-state index in [9.17, 15) is 9.59 Å². The number of ether oxygens (including phenoxy) is 2. The van der Waals surface area contributed by atoms with Gasteiger partial charge in [0.1, 0.15) is 18.0 Å². The Hall–Kier alpha value is -2.93. The average molecular weight is 363 g/mol. The van der Waals surface area contributed by atoms with Crippen LogP contribution in [0, 0.1) is 0 Å². The third kappa shape index (κ3) is 3.46. The highest BCUT2D eigenvalue weighted by molar-refractivity contribution is 6.31. The van der Waals surface area contributed by atoms with Gasteiger partial charge in [0.15, 0.2) is 5.58 Å². The number of rotatable bonds is 5. The van der Waals surface area contributed by atoms with E-state index in [4.69, 9.17) is 25.5 Å². The molecule has 25 heavy (non-hydrogen) atoms. The van der Waals surface area contributed by atoms with Crippen LogP contribution in [-0.2, 0) is 11.3 Å². The summed E-state index contributed by atoms with van der Waals surface area (Å²) in [4.78, 5) is 24.4. The van der Waals surface area contributed by atoms with Crippen molar-refractivity contribution in [2.45, 2.75) is 6.54 Å². The van der Waals surface area contributed by atoms with Gasteiger partial charge in [0.05, 0.1) is 25.4 Å². The molecular formula is C17H15ClN2O5. The Balaban J connectivity index is 1.86. The van der Waals surface area contributed by atoms with Crippen LogP contribution in [0.15, 0.2) is 45.6 Å². The molecule has 0 unspecified atom stereocenters. The third-order valence-corrected chi connectivity index (χ3v) is 3.85. The Labute approximate surface area is 147 Å². The highest BCUT2D eigenvalue weighted by Crippen LogP contribution is 2.29. The normalized spacial score (nSPS) is 10.7. The van der Waals surface area contributed by atoms with E-state index in [1.165, 1.54) is 24.9 Å². The Morgan fingerprint density at radius 3 is 2.72 bits per heavy atom. The molecule has 1 N–H and O–H groups in total. The number of aromatic nitrogens is 1. The van der Waals surface area contributed by atoms with Crippen molar-refractivity contribution in [3.63, 3.8) is 0 Å². The van der Waals surface area contributed by atoms with Gasteiger partial charge in [0.25, 0.3) is 0 Å². The van der Waals surface area contributed by atoms with Crippen molar-refractivity contribution in [1.82, 2.24) is 4.57 Å². The van der Waals surface area contributed by atoms with E-state index in [0.717, 1.165) is 0 Å². The van der Waals surface area contributed by atoms with Crippen LogP contribution in [0.25, 0.3) is 11.1 Å². The molecule has 3 aromatic rings. The van der Waals surface area contributed by atoms with Crippen molar-refractivity contribution in [1.29, 1.82) is 0 Å². The lowest BCUT2D eigenvalue weighted by Crippen LogP contribution is -2.25. The summed E-state index contributed by atoms with van der Waals surface area (Å²) in [5, 5.41) is 3.15. The van der Waals surface area contributed by atoms with E-state index in [1.54, 1.807) is 30.3 Å². The Kier molecular flexibility index (Phi) is 4.67. The lowest BCUT2D eigenvalue weighted by atomic mass is 10.2. The molecule has 0 aliphatic carbocycles. The summed E-state index contributed by atoms with van der Waals surface area (Å²) in [6.07, 6.45) is 0. The fourth-order valence-corrected chi connectivity index (χ4v) is 2.60. The number of halogens is 1. The fraction of sp³-hybridized carbons (Fsp3) is 0.176. The topological polar surface area (TPSA) is 82.7 Å². The van der Waals surface area contributed by atoms with Crippen molar-refractivity contribution >= 4 is 34.3 Å². The van der Waals surface area contributed by atoms with Crippen molar-refractivity contribution in [3.05, 3.63) is 52.0 Å². The molecule has 7 nitrogen and oxygen atoms in total. The molecule has 0 aliphatic rings. The molecular weight excluding hydrogens is 348 g/mol. The van der Waals surface area contributed by atoms with Gasteiger partial charge in [-0.15, -0.1) is 0 Å². The average Bonchev–Trinajstić information content (AvgIpc) is 2.89. The van der Waals surface area contributed by atoms with Gasteiger partial charge in [-0.1, -0.05) is 11.6 Å². The lowest BCUT2D eigenvalue weighted by Gasteiger charge is -2.11. The number of oxazole rings is 1. The number of nitrogens with zero attached hydrogens (tertiary/aromatic N) is 1. The molecule has 130 valence electrons. The van der Waals surface area contributed by atoms with Crippen LogP contribution in [0.4, 0.5) is 5.69 Å². The molecule has 0 saturated carbocycles. The Morgan fingerprint density at radius 2 is 2.00 bits per heavy atom. The van der Waals surface area contributed by atoms with Gasteiger partial charge in [-0.05, 0) is 24.3 Å². The first-order valence-corrected chi connectivity index (χ1v) is 7.70. The van der Waals surface area contributed by atoms with E-state index < -0.39 is 11.7 Å². The van der Waals surface area contributed by atoms with Gasteiger partial charge in [0, 0.05) is 17.2 Å². The molecule has 1 amide bonds. The second-order valence-electron chi connectivity index (χ2n) is 5.18. The standard InChI is InChI=1S/C17H15ClN2O5/c1-23-11-4-6-14(24-2)12(8-11)19-16(21)9-20-13-5-3-10(18)7-15(13)25-17(20)22/h3-8H,9H2,1-2H3,(H,19,21). The van der Waals surface area contributed by atoms with Gasteiger partial charge in [-0.3, -0.25) is 9.36 Å². The summed E-state index contributed by atoms with van der Waals surface area (Å²) in [5.74, 6) is -0.00155. The van der Waals surface area contributed by atoms with Crippen molar-refractivity contribution in [2.75, 3.05) is 19.5 Å². The summed E-state index contributed by atoms with van der Waals surface area (Å²) in [5.41, 5.74) is 1.25. The molecule has 8 heteroatoms. The second-order valence-corrected chi connectivity index (χ2v) is 5.62. The predicted molar refractivity (Wildman–Crippen MR) is 93.7 cm³/mol. The van der Waals surface area contributed by atoms with E-state index in [1.807, 2.05) is 0 Å². The van der Waals surface area contributed by atoms with Crippen LogP contribution >= 0.6 is 11.6 Å². The number of nitrogens with one attached hydrogen (secondary N) is 1. The van der Waals surface area contributed by atoms with Crippen LogP contribution in [0.2, 0.25) is 5.02 Å². The van der Waals surface area contributed by atoms with Crippen LogP contribution in [0.1, 0.15) is 0 Å². The second kappa shape index (κ2) is 6.90. The molecule has 2 aromatic carbocycles. The maximum Gasteiger partial charge on any atom is 0.420 e. The molecule has 0 saturated heterocycles. The number of hydrogen-bond acceptors (Lipinski definition) is 5. The highest BCUT2D eigenvalue weighted by Gasteiger charge is 2.15. The molecule has 0 spiro atoms. The Morgan fingerprint density at radius 1 is 1.20 bits per heavy atom. The number of benzene rings is 2. The first kappa shape index (κ1) is 16.9. The SMILES string of the molecule is COc1ccc(OC)c(NC(=O)Cn2c(=O)oc3cc(Cl)ccc32)c1. The van der Waals surface area contributed by atoms with Crippen LogP contribution in [-0.4, -0.2) is 24.7 Å². The van der Waals surface area contributed by atoms with E-state index in [-0.39, 0.29) is 6.54 Å². The number of anilines is 1. The molecule has 0 bridgehead atoms. The van der Waals surface area contributed by atoms with Gasteiger partial charge >= 0.3 is 5.76 Å². The van der Waals surface area contributed by atoms with Crippen molar-refractivity contribution < 1.29 is 18.7 Å². The summed E-state index contributed by atoms with van der Waals surface area (Å²) in [6, 6.07) is 9.80. The van der Waals surface area contributed by atoms with Gasteiger partial charge < -0.3 is 19.2 Å². The zero-order valence-corrected chi connectivity index (χ0v) is 14.3. The smallest absolute Gasteiger partial charge is 0.420 e. The third-order valence-electron chi connectivity index (χ3n) is 3.61. The van der Waals surface area contributed by atoms with E-state index in [0.29, 0.717) is 33.3 Å². The minimum Gasteiger partial charge on any atom is -0.497 e. The molecule has 1 heterocycles. The highest BCUT2D eigenvalue weighted by atomic mass is 35.5. The first-order chi connectivity index (χ1) is 12.0. The minimum atomic E-state index is -0.634. The molecule has 3 rings (SSSR count). The van der Waals surface area contributed by atoms with Crippen LogP contribution < -0.4 is 20.5 Å². The largest absolute Gasteiger partial charge is 0.497 e. The summed E-state index contributed by atoms with van der Waals surface area (Å²) in [7, 11) is 3.02. The first-order valence-electron chi connectivity index (χ1n) is 7.32. The summed E-state index contributed by atoms with van der Waals surface area (Å²) >= 11 is 5.88. The fourth-order valence-electron chi connectivity index (χ4n) is 2.44. The van der Waals surface area contributed by atoms with E-state index >= 15 is 0 Å². The monoisotopic (exact) mass is 362 g/mol. The maximum absolute atomic E-state index is 12.4. The van der Waals surface area contributed by atoms with Crippen LogP contribution in [0.3, 0.4) is 0 Å². The zero-order chi connectivity index (χ0) is 18.0. The van der Waals surface area contributed by atoms with Gasteiger partial charge in [-0.25, -0.2) is 4.79 Å². The van der Waals surface area contributed by atoms with Crippen molar-refractivity contribution in [3.8, 4) is 11.5 Å². The summed E-state index contributed by atoms with van der Waals surface area (Å²) < 4.78 is 16.7. The predicted octanol–water partition coefficient (Wildman–Crippen LogP) is 2.90. The number of carbonyl (C=O) groups excluding carboxylic acids is 1. The molecule has 0 fully saturated rings. The van der Waals surface area contributed by atoms with Crippen LogP contribution in [0.5, 0.6) is 11.5 Å². The zero-order valence-electron chi connectivity index (χ0n) is 13.5. The number of amides is 1. The Bertz CT molecular complexity index is 992. The number of fused-ring (bicyclic) bond motifs is 1. The minimum absolute atomic E-state index is 0.214. The lowest BCUT2D eigenvalue weighted by molar-refractivity contribution is -0.116. The number of methoxy groups -OCH3 is 2. The number of hydrogen-bond donors (Lipinski definition) is 1. The molecule has 0 aliphatic heterocycles. The van der Waals surface area contributed by atoms with Gasteiger partial charge in [0.2, 0.25) is 5.91 Å². The summed E-state index contributed by atoms with van der Waals surface area (Å²) in [6.45, 7) is -0.214. The van der Waals surface area contributed by atoms with E-state index in [2.05, 4.69) is 5.32 Å². The quantitative estimate of drug-likeness (QED) is 0.754.